The predicted octanol–water partition coefficient (Wildman–Crippen LogP) is 2.21. The smallest absolute Gasteiger partial charge is 0.171 e. The van der Waals surface area contributed by atoms with Gasteiger partial charge in [-0.3, -0.25) is 0 Å². The normalized spacial score (nSPS) is 16.1. The number of aliphatic hydroxyl groups is 1. The Morgan fingerprint density at radius 2 is 2.19 bits per heavy atom. The Morgan fingerprint density at radius 3 is 2.62 bits per heavy atom. The van der Waals surface area contributed by atoms with Crippen LogP contribution in [0.2, 0.25) is 0 Å². The summed E-state index contributed by atoms with van der Waals surface area (Å²) in [7, 11) is 0. The van der Waals surface area contributed by atoms with E-state index in [1.54, 1.807) is 6.07 Å². The highest BCUT2D eigenvalue weighted by Gasteiger charge is 2.35. The van der Waals surface area contributed by atoms with E-state index in [9.17, 15) is 0 Å². The van der Waals surface area contributed by atoms with Crippen molar-refractivity contribution in [3.05, 3.63) is 17.5 Å². The zero-order chi connectivity index (χ0) is 12.3. The number of nitrogens with zero attached hydrogens (tertiary/aromatic N) is 1. The summed E-state index contributed by atoms with van der Waals surface area (Å²) in [5, 5.41) is 12.6. The minimum absolute atomic E-state index is 0.104. The molecule has 0 aliphatic rings. The van der Waals surface area contributed by atoms with Crippen molar-refractivity contribution in [1.82, 2.24) is 5.16 Å². The van der Waals surface area contributed by atoms with Crippen LogP contribution in [-0.4, -0.2) is 21.3 Å². The lowest BCUT2D eigenvalue weighted by Gasteiger charge is -2.17. The van der Waals surface area contributed by atoms with Crippen LogP contribution in [-0.2, 0) is 22.0 Å². The lowest BCUT2D eigenvalue weighted by Crippen LogP contribution is -2.29. The number of rotatable bonds is 4. The number of hydrogen-bond acceptors (Lipinski definition) is 4. The minimum atomic E-state index is -0.161. The molecule has 1 aromatic rings. The third-order valence-corrected chi connectivity index (χ3v) is 4.59. The van der Waals surface area contributed by atoms with Crippen LogP contribution in [0.15, 0.2) is 10.6 Å². The third kappa shape index (κ3) is 3.50. The molecule has 1 N–H and O–H groups in total. The fraction of sp³-hybridized carbons (Fsp3) is 0.727. The second kappa shape index (κ2) is 5.21. The van der Waals surface area contributed by atoms with E-state index in [4.69, 9.17) is 13.8 Å². The molecular formula is C11H20NO3S+. The number of aliphatic hydroxyl groups excluding tert-OH is 1. The molecule has 0 radical (unpaired) electrons. The van der Waals surface area contributed by atoms with Crippen molar-refractivity contribution in [3.8, 4) is 0 Å². The fourth-order valence-corrected chi connectivity index (χ4v) is 1.82. The quantitative estimate of drug-likeness (QED) is 0.828. The van der Waals surface area contributed by atoms with Gasteiger partial charge in [-0.15, -0.1) is 0 Å². The van der Waals surface area contributed by atoms with Gasteiger partial charge in [0.2, 0.25) is 0 Å². The molecule has 0 aliphatic carbocycles. The van der Waals surface area contributed by atoms with Gasteiger partial charge in [0.1, 0.15) is 23.1 Å². The lowest BCUT2D eigenvalue weighted by atomic mass is 10.3. The van der Waals surface area contributed by atoms with Gasteiger partial charge in [-0.25, -0.2) is 0 Å². The van der Waals surface area contributed by atoms with Crippen LogP contribution in [0.3, 0.4) is 0 Å². The molecule has 0 aromatic carbocycles. The average molecular weight is 246 g/mol. The molecule has 0 saturated heterocycles. The largest absolute Gasteiger partial charge is 0.390 e. The minimum Gasteiger partial charge on any atom is -0.390 e. The first kappa shape index (κ1) is 13.5. The second-order valence-corrected chi connectivity index (χ2v) is 7.01. The Morgan fingerprint density at radius 1 is 1.56 bits per heavy atom. The standard InChI is InChI=1S/C11H20NO3S/c1-8(15-16(5)11(2,3)4)10-6-9(7-13)12-14-10/h6,8,13H,7H2,1-5H3/q+1. The summed E-state index contributed by atoms with van der Waals surface area (Å²) in [4.78, 5) is 0. The molecule has 92 valence electrons. The van der Waals surface area contributed by atoms with Crippen molar-refractivity contribution in [3.63, 3.8) is 0 Å². The summed E-state index contributed by atoms with van der Waals surface area (Å²) in [6.45, 7) is 8.25. The van der Waals surface area contributed by atoms with Crippen molar-refractivity contribution < 1.29 is 13.8 Å². The highest BCUT2D eigenvalue weighted by Crippen LogP contribution is 2.26. The first-order valence-electron chi connectivity index (χ1n) is 5.24. The lowest BCUT2D eigenvalue weighted by molar-refractivity contribution is 0.201. The maximum Gasteiger partial charge on any atom is 0.171 e. The summed E-state index contributed by atoms with van der Waals surface area (Å²) in [6, 6.07) is 1.73. The second-order valence-electron chi connectivity index (χ2n) is 4.68. The van der Waals surface area contributed by atoms with Crippen molar-refractivity contribution in [2.24, 2.45) is 0 Å². The highest BCUT2D eigenvalue weighted by molar-refractivity contribution is 7.93. The highest BCUT2D eigenvalue weighted by atomic mass is 32.2. The average Bonchev–Trinajstić information content (AvgIpc) is 2.64. The van der Waals surface area contributed by atoms with Crippen molar-refractivity contribution in [2.45, 2.75) is 45.2 Å². The zero-order valence-corrected chi connectivity index (χ0v) is 11.3. The summed E-state index contributed by atoms with van der Waals surface area (Å²) in [6.07, 6.45) is 1.93. The third-order valence-electron chi connectivity index (χ3n) is 2.29. The van der Waals surface area contributed by atoms with Gasteiger partial charge >= 0.3 is 0 Å². The molecule has 2 unspecified atom stereocenters. The van der Waals surface area contributed by atoms with Gasteiger partial charge in [0, 0.05) is 6.07 Å². The Kier molecular flexibility index (Phi) is 4.41. The van der Waals surface area contributed by atoms with Crippen molar-refractivity contribution in [2.75, 3.05) is 6.26 Å². The maximum absolute atomic E-state index is 8.88. The SMILES string of the molecule is CC(O[S+](C)C(C)(C)C)c1cc(CO)no1. The maximum atomic E-state index is 8.88. The van der Waals surface area contributed by atoms with Gasteiger partial charge in [0.25, 0.3) is 0 Å². The molecule has 1 rings (SSSR count). The van der Waals surface area contributed by atoms with E-state index in [1.807, 2.05) is 6.92 Å². The van der Waals surface area contributed by atoms with Crippen LogP contribution in [0.4, 0.5) is 0 Å². The Hall–Kier alpha value is -0.520. The van der Waals surface area contributed by atoms with Crippen LogP contribution in [0.25, 0.3) is 0 Å². The van der Waals surface area contributed by atoms with Crippen LogP contribution in [0.5, 0.6) is 0 Å². The van der Waals surface area contributed by atoms with E-state index in [2.05, 4.69) is 32.2 Å². The molecule has 1 heterocycles. The van der Waals surface area contributed by atoms with E-state index in [-0.39, 0.29) is 28.6 Å². The molecule has 5 heteroatoms. The van der Waals surface area contributed by atoms with Gasteiger partial charge in [-0.1, -0.05) is 5.16 Å². The molecule has 0 spiro atoms. The van der Waals surface area contributed by atoms with Gasteiger partial charge in [0.15, 0.2) is 16.6 Å². The molecule has 2 atom stereocenters. The number of hydrogen-bond donors (Lipinski definition) is 1. The Balaban J connectivity index is 2.61. The van der Waals surface area contributed by atoms with Crippen LogP contribution in [0, 0.1) is 0 Å². The van der Waals surface area contributed by atoms with Gasteiger partial charge in [0.05, 0.1) is 6.61 Å². The predicted molar refractivity (Wildman–Crippen MR) is 65.0 cm³/mol. The Bertz CT molecular complexity index is 332. The van der Waals surface area contributed by atoms with E-state index < -0.39 is 0 Å². The van der Waals surface area contributed by atoms with E-state index in [0.717, 1.165) is 0 Å². The molecule has 1 aromatic heterocycles. The van der Waals surface area contributed by atoms with Crippen LogP contribution < -0.4 is 0 Å². The molecule has 4 nitrogen and oxygen atoms in total. The first-order valence-corrected chi connectivity index (χ1v) is 6.80. The Labute approximate surface area is 99.5 Å². The van der Waals surface area contributed by atoms with Crippen molar-refractivity contribution >= 4 is 11.2 Å². The molecule has 0 amide bonds. The van der Waals surface area contributed by atoms with E-state index >= 15 is 0 Å². The van der Waals surface area contributed by atoms with E-state index in [1.165, 1.54) is 0 Å². The van der Waals surface area contributed by atoms with Crippen LogP contribution >= 0.6 is 0 Å². The van der Waals surface area contributed by atoms with Gasteiger partial charge < -0.3 is 9.63 Å². The first-order chi connectivity index (χ1) is 7.34. The van der Waals surface area contributed by atoms with Gasteiger partial charge in [-0.2, -0.15) is 4.18 Å². The number of aromatic nitrogens is 1. The molecular weight excluding hydrogens is 226 g/mol. The molecule has 0 fully saturated rings. The van der Waals surface area contributed by atoms with E-state index in [0.29, 0.717) is 11.5 Å². The molecule has 0 aliphatic heterocycles. The molecule has 16 heavy (non-hydrogen) atoms. The zero-order valence-electron chi connectivity index (χ0n) is 10.5. The molecule has 0 bridgehead atoms. The monoisotopic (exact) mass is 246 g/mol. The summed E-state index contributed by atoms with van der Waals surface area (Å²) in [5.41, 5.74) is 0.539. The fourth-order valence-electron chi connectivity index (χ4n) is 1.00. The summed E-state index contributed by atoms with van der Waals surface area (Å²) < 4.78 is 11.1. The van der Waals surface area contributed by atoms with Gasteiger partial charge in [-0.05, 0) is 27.7 Å². The van der Waals surface area contributed by atoms with Crippen molar-refractivity contribution in [1.29, 1.82) is 0 Å². The topological polar surface area (TPSA) is 55.5 Å². The van der Waals surface area contributed by atoms with Crippen LogP contribution in [0.1, 0.15) is 45.3 Å². The molecule has 0 saturated carbocycles. The summed E-state index contributed by atoms with van der Waals surface area (Å²) in [5.74, 6) is 0.660. The summed E-state index contributed by atoms with van der Waals surface area (Å²) >= 11 is -0.161.